The quantitative estimate of drug-likeness (QED) is 0.255. The van der Waals surface area contributed by atoms with Gasteiger partial charge in [0.2, 0.25) is 0 Å². The zero-order chi connectivity index (χ0) is 26.5. The highest BCUT2D eigenvalue weighted by Crippen LogP contribution is 2.31. The summed E-state index contributed by atoms with van der Waals surface area (Å²) in [6.45, 7) is 2.08. The number of piperidine rings is 1. The van der Waals surface area contributed by atoms with Crippen molar-refractivity contribution in [1.29, 1.82) is 0 Å². The monoisotopic (exact) mass is 534 g/mol. The fourth-order valence-corrected chi connectivity index (χ4v) is 6.47. The summed E-state index contributed by atoms with van der Waals surface area (Å²) in [4.78, 5) is 2.28. The Balaban J connectivity index is 1.30. The third kappa shape index (κ3) is 6.03. The molecule has 4 aromatic rings. The molecule has 5 rings (SSSR count). The van der Waals surface area contributed by atoms with Crippen molar-refractivity contribution in [2.75, 3.05) is 17.4 Å². The van der Waals surface area contributed by atoms with Crippen LogP contribution in [0.15, 0.2) is 108 Å². The number of nitrogens with zero attached hydrogens (tertiary/aromatic N) is 2. The molecule has 1 aliphatic rings. The molecule has 4 aromatic carbocycles. The van der Waals surface area contributed by atoms with Crippen molar-refractivity contribution in [3.63, 3.8) is 0 Å². The SMILES string of the molecule is O=S(=O)(c1ccc(F)cc1)N(c1ccc(F)cc1)C1CCN(Cc2cccc(Oc3ccccc3)c2)CC1. The van der Waals surface area contributed by atoms with Crippen molar-refractivity contribution < 1.29 is 21.9 Å². The van der Waals surface area contributed by atoms with E-state index in [1.165, 1.54) is 40.7 Å². The number of hydrogen-bond donors (Lipinski definition) is 0. The van der Waals surface area contributed by atoms with E-state index in [4.69, 9.17) is 4.74 Å². The van der Waals surface area contributed by atoms with Gasteiger partial charge in [-0.3, -0.25) is 9.21 Å². The van der Waals surface area contributed by atoms with E-state index in [1.54, 1.807) is 0 Å². The Labute approximate surface area is 222 Å². The molecule has 0 N–H and O–H groups in total. The van der Waals surface area contributed by atoms with Crippen LogP contribution in [0, 0.1) is 11.6 Å². The first-order chi connectivity index (χ1) is 18.4. The van der Waals surface area contributed by atoms with Crippen LogP contribution in [0.4, 0.5) is 14.5 Å². The molecule has 0 spiro atoms. The standard InChI is InChI=1S/C30H28F2N2O3S/c31-24-9-13-26(14-10-24)34(38(35,36)30-15-11-25(32)12-16-30)27-17-19-33(20-18-27)22-23-5-4-8-29(21-23)37-28-6-2-1-3-7-28/h1-16,21,27H,17-20,22H2. The zero-order valence-electron chi connectivity index (χ0n) is 20.7. The largest absolute Gasteiger partial charge is 0.457 e. The molecular formula is C30H28F2N2O3S. The lowest BCUT2D eigenvalue weighted by Crippen LogP contribution is -2.47. The molecule has 1 heterocycles. The van der Waals surface area contributed by atoms with Gasteiger partial charge < -0.3 is 4.74 Å². The fraction of sp³-hybridized carbons (Fsp3) is 0.200. The molecule has 0 atom stereocenters. The molecule has 0 radical (unpaired) electrons. The molecule has 1 saturated heterocycles. The molecule has 0 aliphatic carbocycles. The summed E-state index contributed by atoms with van der Waals surface area (Å²) in [5.74, 6) is 0.579. The van der Waals surface area contributed by atoms with Gasteiger partial charge in [0.25, 0.3) is 10.0 Å². The molecule has 38 heavy (non-hydrogen) atoms. The lowest BCUT2D eigenvalue weighted by molar-refractivity contribution is 0.206. The van der Waals surface area contributed by atoms with Gasteiger partial charge in [0.15, 0.2) is 0 Å². The van der Waals surface area contributed by atoms with Gasteiger partial charge in [0, 0.05) is 25.7 Å². The second-order valence-electron chi connectivity index (χ2n) is 9.30. The van der Waals surface area contributed by atoms with Crippen LogP contribution in [-0.4, -0.2) is 32.4 Å². The van der Waals surface area contributed by atoms with E-state index in [1.807, 2.05) is 54.6 Å². The topological polar surface area (TPSA) is 49.9 Å². The molecule has 196 valence electrons. The maximum absolute atomic E-state index is 13.7. The normalized spacial score (nSPS) is 14.8. The van der Waals surface area contributed by atoms with Gasteiger partial charge in [-0.15, -0.1) is 0 Å². The number of benzene rings is 4. The van der Waals surface area contributed by atoms with Crippen molar-refractivity contribution in [1.82, 2.24) is 4.90 Å². The minimum atomic E-state index is -3.99. The van der Waals surface area contributed by atoms with E-state index in [0.29, 0.717) is 38.2 Å². The highest BCUT2D eigenvalue weighted by molar-refractivity contribution is 7.92. The maximum atomic E-state index is 13.7. The van der Waals surface area contributed by atoms with E-state index >= 15 is 0 Å². The van der Waals surface area contributed by atoms with Crippen molar-refractivity contribution in [2.24, 2.45) is 0 Å². The number of sulfonamides is 1. The third-order valence-electron chi connectivity index (χ3n) is 6.62. The molecule has 0 unspecified atom stereocenters. The fourth-order valence-electron chi connectivity index (χ4n) is 4.76. The molecule has 0 bridgehead atoms. The number of para-hydroxylation sites is 1. The van der Waals surface area contributed by atoms with Gasteiger partial charge >= 0.3 is 0 Å². The molecule has 1 aliphatic heterocycles. The van der Waals surface area contributed by atoms with Gasteiger partial charge in [0.05, 0.1) is 10.6 Å². The second kappa shape index (κ2) is 11.3. The predicted molar refractivity (Wildman–Crippen MR) is 144 cm³/mol. The summed E-state index contributed by atoms with van der Waals surface area (Å²) in [5.41, 5.74) is 1.49. The van der Waals surface area contributed by atoms with Crippen LogP contribution >= 0.6 is 0 Å². The molecule has 8 heteroatoms. The summed E-state index contributed by atoms with van der Waals surface area (Å²) in [5, 5.41) is 0. The lowest BCUT2D eigenvalue weighted by Gasteiger charge is -2.39. The van der Waals surface area contributed by atoms with Crippen LogP contribution in [0.5, 0.6) is 11.5 Å². The van der Waals surface area contributed by atoms with E-state index < -0.39 is 21.7 Å². The smallest absolute Gasteiger partial charge is 0.264 e. The zero-order valence-corrected chi connectivity index (χ0v) is 21.5. The predicted octanol–water partition coefficient (Wildman–Crippen LogP) is 6.62. The number of likely N-dealkylation sites (tertiary alicyclic amines) is 1. The number of ether oxygens (including phenoxy) is 1. The van der Waals surface area contributed by atoms with E-state index in [0.717, 1.165) is 29.2 Å². The summed E-state index contributed by atoms with van der Waals surface area (Å²) in [7, 11) is -3.99. The van der Waals surface area contributed by atoms with E-state index in [2.05, 4.69) is 4.90 Å². The number of halogens is 2. The van der Waals surface area contributed by atoms with Gasteiger partial charge in [-0.05, 0) is 91.2 Å². The number of rotatable bonds is 8. The summed E-state index contributed by atoms with van der Waals surface area (Å²) in [6.07, 6.45) is 1.19. The van der Waals surface area contributed by atoms with Crippen molar-refractivity contribution in [3.8, 4) is 11.5 Å². The van der Waals surface area contributed by atoms with Crippen molar-refractivity contribution >= 4 is 15.7 Å². The average Bonchev–Trinajstić information content (AvgIpc) is 2.92. The number of anilines is 1. The highest BCUT2D eigenvalue weighted by atomic mass is 32.2. The Morgan fingerprint density at radius 2 is 1.37 bits per heavy atom. The molecule has 0 aromatic heterocycles. The summed E-state index contributed by atoms with van der Waals surface area (Å²) >= 11 is 0. The lowest BCUT2D eigenvalue weighted by atomic mass is 10.0. The molecule has 0 amide bonds. The van der Waals surface area contributed by atoms with Crippen LogP contribution in [0.1, 0.15) is 18.4 Å². The van der Waals surface area contributed by atoms with E-state index in [-0.39, 0.29) is 10.9 Å². The van der Waals surface area contributed by atoms with Gasteiger partial charge in [-0.25, -0.2) is 17.2 Å². The van der Waals surface area contributed by atoms with Gasteiger partial charge in [-0.1, -0.05) is 30.3 Å². The van der Waals surface area contributed by atoms with Crippen molar-refractivity contribution in [3.05, 3.63) is 120 Å². The number of hydrogen-bond acceptors (Lipinski definition) is 4. The van der Waals surface area contributed by atoms with Crippen molar-refractivity contribution in [2.45, 2.75) is 30.3 Å². The Bertz CT molecular complexity index is 1460. The first-order valence-corrected chi connectivity index (χ1v) is 13.9. The molecule has 1 fully saturated rings. The Morgan fingerprint density at radius 1 is 0.763 bits per heavy atom. The van der Waals surface area contributed by atoms with Gasteiger partial charge in [-0.2, -0.15) is 0 Å². The van der Waals surface area contributed by atoms with Crippen LogP contribution in [0.3, 0.4) is 0 Å². The highest BCUT2D eigenvalue weighted by Gasteiger charge is 2.34. The van der Waals surface area contributed by atoms with Crippen LogP contribution in [0.25, 0.3) is 0 Å². The third-order valence-corrected chi connectivity index (χ3v) is 8.52. The summed E-state index contributed by atoms with van der Waals surface area (Å²) < 4.78 is 61.8. The average molecular weight is 535 g/mol. The Morgan fingerprint density at radius 3 is 2.03 bits per heavy atom. The van der Waals surface area contributed by atoms with Crippen LogP contribution in [0.2, 0.25) is 0 Å². The second-order valence-corrected chi connectivity index (χ2v) is 11.1. The summed E-state index contributed by atoms with van der Waals surface area (Å²) in [6, 6.07) is 27.5. The minimum absolute atomic E-state index is 0.000820. The minimum Gasteiger partial charge on any atom is -0.457 e. The molecule has 0 saturated carbocycles. The molecule has 5 nitrogen and oxygen atoms in total. The van der Waals surface area contributed by atoms with Crippen LogP contribution in [-0.2, 0) is 16.6 Å². The Kier molecular flexibility index (Phi) is 7.72. The Hall–Kier alpha value is -3.75. The van der Waals surface area contributed by atoms with E-state index in [9.17, 15) is 17.2 Å². The van der Waals surface area contributed by atoms with Crippen LogP contribution < -0.4 is 9.04 Å². The maximum Gasteiger partial charge on any atom is 0.264 e. The first kappa shape index (κ1) is 25.9. The molecular weight excluding hydrogens is 506 g/mol. The first-order valence-electron chi connectivity index (χ1n) is 12.5. The van der Waals surface area contributed by atoms with Gasteiger partial charge in [0.1, 0.15) is 23.1 Å².